The van der Waals surface area contributed by atoms with Crippen molar-refractivity contribution in [3.8, 4) is 0 Å². The normalized spacial score (nSPS) is 10.4. The van der Waals surface area contributed by atoms with Gasteiger partial charge in [-0.15, -0.1) is 0 Å². The van der Waals surface area contributed by atoms with Gasteiger partial charge in [0.2, 0.25) is 5.91 Å². The summed E-state index contributed by atoms with van der Waals surface area (Å²) < 4.78 is 0. The quantitative estimate of drug-likeness (QED) is 0.783. The van der Waals surface area contributed by atoms with Crippen LogP contribution in [-0.2, 0) is 4.79 Å². The van der Waals surface area contributed by atoms with Crippen molar-refractivity contribution in [3.05, 3.63) is 34.9 Å². The van der Waals surface area contributed by atoms with Gasteiger partial charge in [0.15, 0.2) is 0 Å². The van der Waals surface area contributed by atoms with Crippen LogP contribution in [0.3, 0.4) is 0 Å². The Bertz CT molecular complexity index is 481. The maximum atomic E-state index is 11.9. The molecule has 0 atom stereocenters. The number of carbonyl (C=O) groups is 2. The Morgan fingerprint density at radius 3 is 2.30 bits per heavy atom. The third-order valence-electron chi connectivity index (χ3n) is 3.10. The molecule has 20 heavy (non-hydrogen) atoms. The van der Waals surface area contributed by atoms with Crippen molar-refractivity contribution < 1.29 is 9.59 Å². The molecule has 0 bridgehead atoms. The molecule has 0 unspecified atom stereocenters. The highest BCUT2D eigenvalue weighted by Gasteiger charge is 2.07. The van der Waals surface area contributed by atoms with Crippen molar-refractivity contribution in [1.82, 2.24) is 10.6 Å². The average Bonchev–Trinajstić information content (AvgIpc) is 2.36. The first-order chi connectivity index (χ1) is 9.40. The van der Waals surface area contributed by atoms with Crippen molar-refractivity contribution in [3.63, 3.8) is 0 Å². The number of hydrogen-bond acceptors (Lipinski definition) is 2. The highest BCUT2D eigenvalue weighted by molar-refractivity contribution is 5.94. The number of amides is 2. The Hall–Kier alpha value is -1.84. The minimum absolute atomic E-state index is 0.0282. The fourth-order valence-electron chi connectivity index (χ4n) is 1.81. The fourth-order valence-corrected chi connectivity index (χ4v) is 1.81. The van der Waals surface area contributed by atoms with Gasteiger partial charge < -0.3 is 10.6 Å². The van der Waals surface area contributed by atoms with Gasteiger partial charge in [-0.1, -0.05) is 19.9 Å². The first-order valence-electron chi connectivity index (χ1n) is 7.02. The highest BCUT2D eigenvalue weighted by atomic mass is 16.2. The van der Waals surface area contributed by atoms with Crippen molar-refractivity contribution in [2.45, 2.75) is 34.1 Å². The van der Waals surface area contributed by atoms with E-state index in [4.69, 9.17) is 0 Å². The van der Waals surface area contributed by atoms with Crippen LogP contribution in [-0.4, -0.2) is 24.9 Å². The lowest BCUT2D eigenvalue weighted by atomic mass is 10.1. The van der Waals surface area contributed by atoms with E-state index in [1.165, 1.54) is 5.56 Å². The number of nitrogens with one attached hydrogen (secondary N) is 2. The molecule has 0 radical (unpaired) electrons. The summed E-state index contributed by atoms with van der Waals surface area (Å²) in [5, 5.41) is 5.59. The van der Waals surface area contributed by atoms with E-state index in [9.17, 15) is 9.59 Å². The molecular formula is C16H24N2O2. The topological polar surface area (TPSA) is 58.2 Å². The summed E-state index contributed by atoms with van der Waals surface area (Å²) in [6, 6.07) is 5.63. The molecule has 4 nitrogen and oxygen atoms in total. The van der Waals surface area contributed by atoms with E-state index >= 15 is 0 Å². The van der Waals surface area contributed by atoms with Crippen molar-refractivity contribution in [1.29, 1.82) is 0 Å². The van der Waals surface area contributed by atoms with Crippen LogP contribution < -0.4 is 10.6 Å². The number of rotatable bonds is 6. The Labute approximate surface area is 121 Å². The van der Waals surface area contributed by atoms with Crippen LogP contribution in [0.25, 0.3) is 0 Å². The zero-order chi connectivity index (χ0) is 15.1. The molecule has 2 amide bonds. The van der Waals surface area contributed by atoms with Crippen molar-refractivity contribution >= 4 is 11.8 Å². The summed E-state index contributed by atoms with van der Waals surface area (Å²) >= 11 is 0. The summed E-state index contributed by atoms with van der Waals surface area (Å²) in [7, 11) is 0. The van der Waals surface area contributed by atoms with Gasteiger partial charge in [0.05, 0.1) is 0 Å². The van der Waals surface area contributed by atoms with E-state index in [1.54, 1.807) is 0 Å². The van der Waals surface area contributed by atoms with Gasteiger partial charge in [-0.3, -0.25) is 9.59 Å². The number of aryl methyl sites for hydroxylation is 2. The minimum atomic E-state index is -0.105. The molecule has 0 spiro atoms. The molecule has 0 aliphatic carbocycles. The molecule has 2 N–H and O–H groups in total. The van der Waals surface area contributed by atoms with Gasteiger partial charge in [-0.25, -0.2) is 0 Å². The zero-order valence-corrected chi connectivity index (χ0v) is 12.7. The van der Waals surface area contributed by atoms with Gasteiger partial charge >= 0.3 is 0 Å². The first-order valence-corrected chi connectivity index (χ1v) is 7.02. The smallest absolute Gasteiger partial charge is 0.251 e. The molecule has 0 saturated carbocycles. The SMILES string of the molecule is Cc1ccc(C(=O)NCCNC(=O)CC(C)C)cc1C. The minimum Gasteiger partial charge on any atom is -0.354 e. The van der Waals surface area contributed by atoms with Crippen LogP contribution in [0.15, 0.2) is 18.2 Å². The second-order valence-corrected chi connectivity index (χ2v) is 5.50. The number of benzene rings is 1. The van der Waals surface area contributed by atoms with Gasteiger partial charge in [0.25, 0.3) is 5.91 Å². The van der Waals surface area contributed by atoms with E-state index in [2.05, 4.69) is 10.6 Å². The first kappa shape index (κ1) is 16.2. The molecule has 0 fully saturated rings. The molecular weight excluding hydrogens is 252 g/mol. The molecule has 1 rings (SSSR count). The summed E-state index contributed by atoms with van der Waals surface area (Å²) in [4.78, 5) is 23.3. The Balaban J connectivity index is 2.33. The van der Waals surface area contributed by atoms with Gasteiger partial charge in [-0.2, -0.15) is 0 Å². The van der Waals surface area contributed by atoms with Gasteiger partial charge in [-0.05, 0) is 43.0 Å². The molecule has 1 aromatic carbocycles. The van der Waals surface area contributed by atoms with E-state index in [1.807, 2.05) is 45.9 Å². The largest absolute Gasteiger partial charge is 0.354 e. The summed E-state index contributed by atoms with van der Waals surface area (Å²) in [5.41, 5.74) is 2.92. The lowest BCUT2D eigenvalue weighted by Crippen LogP contribution is -2.35. The Kier molecular flexibility index (Phi) is 6.22. The molecule has 0 aromatic heterocycles. The zero-order valence-electron chi connectivity index (χ0n) is 12.7. The molecule has 0 saturated heterocycles. The van der Waals surface area contributed by atoms with Gasteiger partial charge in [0, 0.05) is 25.1 Å². The third kappa shape index (κ3) is 5.43. The Morgan fingerprint density at radius 1 is 1.05 bits per heavy atom. The van der Waals surface area contributed by atoms with Crippen LogP contribution >= 0.6 is 0 Å². The van der Waals surface area contributed by atoms with Crippen LogP contribution in [0.5, 0.6) is 0 Å². The molecule has 110 valence electrons. The maximum Gasteiger partial charge on any atom is 0.251 e. The molecule has 0 aliphatic heterocycles. The molecule has 4 heteroatoms. The van der Waals surface area contributed by atoms with Crippen molar-refractivity contribution in [2.24, 2.45) is 5.92 Å². The lowest BCUT2D eigenvalue weighted by Gasteiger charge is -2.09. The monoisotopic (exact) mass is 276 g/mol. The van der Waals surface area contributed by atoms with Crippen LogP contribution in [0.4, 0.5) is 0 Å². The maximum absolute atomic E-state index is 11.9. The number of carbonyl (C=O) groups excluding carboxylic acids is 2. The second-order valence-electron chi connectivity index (χ2n) is 5.50. The van der Waals surface area contributed by atoms with Crippen LogP contribution in [0, 0.1) is 19.8 Å². The Morgan fingerprint density at radius 2 is 1.70 bits per heavy atom. The number of hydrogen-bond donors (Lipinski definition) is 2. The lowest BCUT2D eigenvalue weighted by molar-refractivity contribution is -0.121. The standard InChI is InChI=1S/C16H24N2O2/c1-11(2)9-15(19)17-7-8-18-16(20)14-6-5-12(3)13(4)10-14/h5-6,10-11H,7-9H2,1-4H3,(H,17,19)(H,18,20). The van der Waals surface area contributed by atoms with Crippen LogP contribution in [0.1, 0.15) is 41.8 Å². The van der Waals surface area contributed by atoms with Gasteiger partial charge in [0.1, 0.15) is 0 Å². The second kappa shape index (κ2) is 7.68. The predicted molar refractivity (Wildman–Crippen MR) is 80.7 cm³/mol. The summed E-state index contributed by atoms with van der Waals surface area (Å²) in [6.45, 7) is 8.90. The molecule has 0 heterocycles. The van der Waals surface area contributed by atoms with Crippen molar-refractivity contribution in [2.75, 3.05) is 13.1 Å². The fraction of sp³-hybridized carbons (Fsp3) is 0.500. The molecule has 1 aromatic rings. The van der Waals surface area contributed by atoms with E-state index in [0.29, 0.717) is 31.0 Å². The van der Waals surface area contributed by atoms with E-state index in [-0.39, 0.29) is 11.8 Å². The summed E-state index contributed by atoms with van der Waals surface area (Å²) in [5.74, 6) is 0.270. The summed E-state index contributed by atoms with van der Waals surface area (Å²) in [6.07, 6.45) is 0.519. The van der Waals surface area contributed by atoms with Crippen LogP contribution in [0.2, 0.25) is 0 Å². The van der Waals surface area contributed by atoms with E-state index in [0.717, 1.165) is 5.56 Å². The molecule has 0 aliphatic rings. The third-order valence-corrected chi connectivity index (χ3v) is 3.10. The van der Waals surface area contributed by atoms with E-state index < -0.39 is 0 Å². The highest BCUT2D eigenvalue weighted by Crippen LogP contribution is 2.09. The predicted octanol–water partition coefficient (Wildman–Crippen LogP) is 2.20. The average molecular weight is 276 g/mol.